The Hall–Kier alpha value is -2.41. The number of morpholine rings is 1. The standard InChI is InChI=1S/C20H25FN2O4/c1-26-10-9-22-19(24)13-23-16-7-2-3-8-17(16)27-18(20(23)25)12-14-5-4-6-15(21)11-14/h4-6,11-12,16-17H,2-3,7-10,13H2,1H3,(H,22,24)/b18-12+. The molecule has 1 aliphatic heterocycles. The number of nitrogens with zero attached hydrogens (tertiary/aromatic N) is 1. The topological polar surface area (TPSA) is 67.9 Å². The highest BCUT2D eigenvalue weighted by atomic mass is 19.1. The molecular formula is C20H25FN2O4. The number of halogens is 1. The van der Waals surface area contributed by atoms with Crippen molar-refractivity contribution in [2.75, 3.05) is 26.8 Å². The van der Waals surface area contributed by atoms with Crippen LogP contribution in [0.5, 0.6) is 0 Å². The summed E-state index contributed by atoms with van der Waals surface area (Å²) in [6.45, 7) is 0.793. The van der Waals surface area contributed by atoms with Gasteiger partial charge in [0.25, 0.3) is 5.91 Å². The Balaban J connectivity index is 1.79. The molecule has 1 saturated heterocycles. The lowest BCUT2D eigenvalue weighted by Crippen LogP contribution is -2.57. The van der Waals surface area contributed by atoms with Gasteiger partial charge in [-0.05, 0) is 43.0 Å². The van der Waals surface area contributed by atoms with Gasteiger partial charge in [0.1, 0.15) is 18.5 Å². The minimum atomic E-state index is -0.377. The summed E-state index contributed by atoms with van der Waals surface area (Å²) in [5.41, 5.74) is 0.553. The van der Waals surface area contributed by atoms with Gasteiger partial charge in [-0.1, -0.05) is 18.6 Å². The van der Waals surface area contributed by atoms with Crippen LogP contribution in [-0.4, -0.2) is 55.7 Å². The maximum absolute atomic E-state index is 13.5. The molecule has 0 aromatic heterocycles. The number of carbonyl (C=O) groups excluding carboxylic acids is 2. The van der Waals surface area contributed by atoms with E-state index >= 15 is 0 Å². The zero-order chi connectivity index (χ0) is 19.2. The molecule has 0 bridgehead atoms. The molecule has 0 radical (unpaired) electrons. The van der Waals surface area contributed by atoms with Crippen molar-refractivity contribution in [1.82, 2.24) is 10.2 Å². The fourth-order valence-electron chi connectivity index (χ4n) is 3.61. The molecule has 3 rings (SSSR count). The number of carbonyl (C=O) groups is 2. The molecule has 1 saturated carbocycles. The maximum Gasteiger partial charge on any atom is 0.289 e. The summed E-state index contributed by atoms with van der Waals surface area (Å²) in [6, 6.07) is 5.88. The highest BCUT2D eigenvalue weighted by Gasteiger charge is 2.42. The second-order valence-electron chi connectivity index (χ2n) is 6.85. The fraction of sp³-hybridized carbons (Fsp3) is 0.500. The molecule has 2 fully saturated rings. The van der Waals surface area contributed by atoms with Crippen LogP contribution >= 0.6 is 0 Å². The predicted octanol–water partition coefficient (Wildman–Crippen LogP) is 2.10. The van der Waals surface area contributed by atoms with E-state index in [1.165, 1.54) is 12.1 Å². The van der Waals surface area contributed by atoms with Crippen LogP contribution in [0, 0.1) is 5.82 Å². The van der Waals surface area contributed by atoms with E-state index in [2.05, 4.69) is 5.32 Å². The number of hydrogen-bond acceptors (Lipinski definition) is 4. The molecule has 1 aliphatic carbocycles. The fourth-order valence-corrected chi connectivity index (χ4v) is 3.61. The van der Waals surface area contributed by atoms with E-state index in [1.807, 2.05) is 0 Å². The van der Waals surface area contributed by atoms with Crippen molar-refractivity contribution in [2.45, 2.75) is 37.8 Å². The van der Waals surface area contributed by atoms with Crippen molar-refractivity contribution >= 4 is 17.9 Å². The quantitative estimate of drug-likeness (QED) is 0.610. The Kier molecular flexibility index (Phi) is 6.45. The third-order valence-corrected chi connectivity index (χ3v) is 4.91. The third-order valence-electron chi connectivity index (χ3n) is 4.91. The van der Waals surface area contributed by atoms with Crippen molar-refractivity contribution in [3.05, 3.63) is 41.4 Å². The molecule has 2 aliphatic rings. The third kappa shape index (κ3) is 4.86. The zero-order valence-electron chi connectivity index (χ0n) is 15.4. The Bertz CT molecular complexity index is 722. The monoisotopic (exact) mass is 376 g/mol. The molecule has 1 heterocycles. The maximum atomic E-state index is 13.5. The van der Waals surface area contributed by atoms with Crippen LogP contribution in [-0.2, 0) is 19.1 Å². The Labute approximate surface area is 158 Å². The van der Waals surface area contributed by atoms with Crippen LogP contribution in [0.25, 0.3) is 6.08 Å². The summed E-state index contributed by atoms with van der Waals surface area (Å²) in [4.78, 5) is 26.8. The van der Waals surface area contributed by atoms with Gasteiger partial charge in [-0.15, -0.1) is 0 Å². The summed E-state index contributed by atoms with van der Waals surface area (Å²) in [7, 11) is 1.56. The molecule has 1 aromatic rings. The van der Waals surface area contributed by atoms with Crippen LogP contribution in [0.1, 0.15) is 31.2 Å². The minimum Gasteiger partial charge on any atom is -0.482 e. The molecule has 2 unspecified atom stereocenters. The Morgan fingerprint density at radius 3 is 3.00 bits per heavy atom. The number of amides is 2. The molecule has 0 spiro atoms. The molecule has 6 nitrogen and oxygen atoms in total. The average molecular weight is 376 g/mol. The van der Waals surface area contributed by atoms with Crippen molar-refractivity contribution in [3.63, 3.8) is 0 Å². The second-order valence-corrected chi connectivity index (χ2v) is 6.85. The first-order chi connectivity index (χ1) is 13.1. The number of ether oxygens (including phenoxy) is 2. The van der Waals surface area contributed by atoms with E-state index in [0.29, 0.717) is 18.7 Å². The van der Waals surface area contributed by atoms with E-state index in [9.17, 15) is 14.0 Å². The summed E-state index contributed by atoms with van der Waals surface area (Å²) in [6.07, 6.45) is 5.09. The predicted molar refractivity (Wildman–Crippen MR) is 98.1 cm³/mol. The molecular weight excluding hydrogens is 351 g/mol. The van der Waals surface area contributed by atoms with E-state index in [-0.39, 0.29) is 42.1 Å². The highest BCUT2D eigenvalue weighted by molar-refractivity contribution is 5.98. The van der Waals surface area contributed by atoms with Gasteiger partial charge in [0.15, 0.2) is 5.76 Å². The minimum absolute atomic E-state index is 0.0203. The van der Waals surface area contributed by atoms with Crippen LogP contribution in [0.2, 0.25) is 0 Å². The Morgan fingerprint density at radius 1 is 1.41 bits per heavy atom. The number of fused-ring (bicyclic) bond motifs is 1. The molecule has 2 amide bonds. The van der Waals surface area contributed by atoms with Crippen molar-refractivity contribution in [3.8, 4) is 0 Å². The first kappa shape index (κ1) is 19.4. The molecule has 1 aromatic carbocycles. The smallest absolute Gasteiger partial charge is 0.289 e. The van der Waals surface area contributed by atoms with Crippen LogP contribution in [0.3, 0.4) is 0 Å². The average Bonchev–Trinajstić information content (AvgIpc) is 2.65. The van der Waals surface area contributed by atoms with Crippen LogP contribution in [0.4, 0.5) is 4.39 Å². The van der Waals surface area contributed by atoms with E-state index in [0.717, 1.165) is 25.7 Å². The van der Waals surface area contributed by atoms with Crippen molar-refractivity contribution in [1.29, 1.82) is 0 Å². The van der Waals surface area contributed by atoms with Crippen molar-refractivity contribution < 1.29 is 23.5 Å². The lowest BCUT2D eigenvalue weighted by molar-refractivity contribution is -0.151. The number of methoxy groups -OCH3 is 1. The second kappa shape index (κ2) is 8.99. The molecule has 7 heteroatoms. The molecule has 27 heavy (non-hydrogen) atoms. The van der Waals surface area contributed by atoms with Crippen LogP contribution in [0.15, 0.2) is 30.0 Å². The van der Waals surface area contributed by atoms with Gasteiger partial charge in [0.2, 0.25) is 5.91 Å². The van der Waals surface area contributed by atoms with Crippen LogP contribution < -0.4 is 5.32 Å². The van der Waals surface area contributed by atoms with E-state index in [4.69, 9.17) is 9.47 Å². The van der Waals surface area contributed by atoms with Gasteiger partial charge in [-0.2, -0.15) is 0 Å². The Morgan fingerprint density at radius 2 is 2.22 bits per heavy atom. The van der Waals surface area contributed by atoms with E-state index < -0.39 is 0 Å². The number of rotatable bonds is 6. The lowest BCUT2D eigenvalue weighted by atomic mass is 9.89. The first-order valence-electron chi connectivity index (χ1n) is 9.29. The zero-order valence-corrected chi connectivity index (χ0v) is 15.4. The SMILES string of the molecule is COCCNC(=O)CN1C(=O)/C(=C\c2cccc(F)c2)OC2CCCCC21. The summed E-state index contributed by atoms with van der Waals surface area (Å²) < 4.78 is 24.3. The number of benzene rings is 1. The van der Waals surface area contributed by atoms with Gasteiger partial charge in [0, 0.05) is 13.7 Å². The largest absolute Gasteiger partial charge is 0.482 e. The molecule has 2 atom stereocenters. The van der Waals surface area contributed by atoms with Crippen molar-refractivity contribution in [2.24, 2.45) is 0 Å². The lowest BCUT2D eigenvalue weighted by Gasteiger charge is -2.44. The number of hydrogen-bond donors (Lipinski definition) is 1. The van der Waals surface area contributed by atoms with E-state index in [1.54, 1.807) is 30.2 Å². The number of nitrogens with one attached hydrogen (secondary N) is 1. The molecule has 146 valence electrons. The van der Waals surface area contributed by atoms with Gasteiger partial charge in [-0.3, -0.25) is 9.59 Å². The summed E-state index contributed by atoms with van der Waals surface area (Å²) in [5.74, 6) is -0.771. The normalized spacial score (nSPS) is 23.7. The first-order valence-corrected chi connectivity index (χ1v) is 9.29. The highest BCUT2D eigenvalue weighted by Crippen LogP contribution is 2.33. The summed E-state index contributed by atoms with van der Waals surface area (Å²) in [5, 5.41) is 2.75. The summed E-state index contributed by atoms with van der Waals surface area (Å²) >= 11 is 0. The van der Waals surface area contributed by atoms with Gasteiger partial charge < -0.3 is 19.7 Å². The van der Waals surface area contributed by atoms with Gasteiger partial charge in [-0.25, -0.2) is 4.39 Å². The van der Waals surface area contributed by atoms with Gasteiger partial charge >= 0.3 is 0 Å². The van der Waals surface area contributed by atoms with Gasteiger partial charge in [0.05, 0.1) is 12.6 Å². The molecule has 1 N–H and O–H groups in total.